The lowest BCUT2D eigenvalue weighted by atomic mass is 9.99. The van der Waals surface area contributed by atoms with Crippen LogP contribution in [0.1, 0.15) is 52.9 Å². The standard InChI is InChI=1S/C10H21/c1-4-6-7-9-10(3)8-5-2/h5,10H,4,6-9H2,1-3H3. The zero-order valence-corrected chi connectivity index (χ0v) is 7.69. The van der Waals surface area contributed by atoms with E-state index >= 15 is 0 Å². The van der Waals surface area contributed by atoms with Gasteiger partial charge in [0, 0.05) is 0 Å². The summed E-state index contributed by atoms with van der Waals surface area (Å²) in [4.78, 5) is 0. The third-order valence-corrected chi connectivity index (χ3v) is 1.94. The van der Waals surface area contributed by atoms with Gasteiger partial charge < -0.3 is 0 Å². The van der Waals surface area contributed by atoms with Gasteiger partial charge in [-0.1, -0.05) is 46.5 Å². The normalized spacial score (nSPS) is 13.5. The molecule has 0 fully saturated rings. The zero-order chi connectivity index (χ0) is 7.82. The summed E-state index contributed by atoms with van der Waals surface area (Å²) in [6.45, 7) is 6.75. The molecule has 0 heterocycles. The maximum Gasteiger partial charge on any atom is -0.0414 e. The van der Waals surface area contributed by atoms with Crippen LogP contribution in [0, 0.1) is 12.3 Å². The minimum Gasteiger partial charge on any atom is -0.0654 e. The topological polar surface area (TPSA) is 0 Å². The molecule has 10 heavy (non-hydrogen) atoms. The van der Waals surface area contributed by atoms with Crippen LogP contribution in [-0.2, 0) is 0 Å². The molecule has 0 spiro atoms. The molecule has 0 N–H and O–H groups in total. The zero-order valence-electron chi connectivity index (χ0n) is 7.69. The van der Waals surface area contributed by atoms with E-state index in [0.29, 0.717) is 0 Å². The molecule has 0 aromatic heterocycles. The molecule has 0 aromatic carbocycles. The molecular weight excluding hydrogens is 120 g/mol. The van der Waals surface area contributed by atoms with Crippen molar-refractivity contribution in [2.24, 2.45) is 5.92 Å². The van der Waals surface area contributed by atoms with Crippen molar-refractivity contribution in [2.45, 2.75) is 52.9 Å². The molecule has 0 aliphatic carbocycles. The van der Waals surface area contributed by atoms with Crippen molar-refractivity contribution < 1.29 is 0 Å². The highest BCUT2D eigenvalue weighted by molar-refractivity contribution is 4.62. The van der Waals surface area contributed by atoms with Crippen LogP contribution in [0.3, 0.4) is 0 Å². The first-order valence-corrected chi connectivity index (χ1v) is 4.59. The van der Waals surface area contributed by atoms with E-state index in [9.17, 15) is 0 Å². The molecule has 0 heteroatoms. The smallest absolute Gasteiger partial charge is 0.0414 e. The first kappa shape index (κ1) is 10.0. The van der Waals surface area contributed by atoms with Crippen molar-refractivity contribution in [3.63, 3.8) is 0 Å². The summed E-state index contributed by atoms with van der Waals surface area (Å²) in [6.07, 6.45) is 9.17. The average Bonchev–Trinajstić information content (AvgIpc) is 1.89. The van der Waals surface area contributed by atoms with Crippen molar-refractivity contribution >= 4 is 0 Å². The van der Waals surface area contributed by atoms with Gasteiger partial charge in [-0.3, -0.25) is 0 Å². The molecule has 0 amide bonds. The molecule has 1 radical (unpaired) electrons. The Morgan fingerprint density at radius 3 is 2.50 bits per heavy atom. The Morgan fingerprint density at radius 1 is 1.30 bits per heavy atom. The van der Waals surface area contributed by atoms with Gasteiger partial charge in [0.05, 0.1) is 0 Å². The third kappa shape index (κ3) is 6.12. The highest BCUT2D eigenvalue weighted by atomic mass is 14.0. The van der Waals surface area contributed by atoms with Crippen LogP contribution in [-0.4, -0.2) is 0 Å². The monoisotopic (exact) mass is 141 g/mol. The Balaban J connectivity index is 2.97. The first-order chi connectivity index (χ1) is 4.81. The molecular formula is C10H21. The maximum atomic E-state index is 2.34. The number of unbranched alkanes of at least 4 members (excludes halogenated alkanes) is 2. The summed E-state index contributed by atoms with van der Waals surface area (Å²) in [5.41, 5.74) is 0. The predicted octanol–water partition coefficient (Wildman–Crippen LogP) is 3.82. The summed E-state index contributed by atoms with van der Waals surface area (Å²) < 4.78 is 0. The Kier molecular flexibility index (Phi) is 7.11. The van der Waals surface area contributed by atoms with E-state index in [4.69, 9.17) is 0 Å². The van der Waals surface area contributed by atoms with Crippen LogP contribution in [0.15, 0.2) is 0 Å². The van der Waals surface area contributed by atoms with Crippen molar-refractivity contribution in [3.05, 3.63) is 6.42 Å². The Morgan fingerprint density at radius 2 is 2.00 bits per heavy atom. The second-order valence-electron chi connectivity index (χ2n) is 3.24. The van der Waals surface area contributed by atoms with Gasteiger partial charge in [0.1, 0.15) is 0 Å². The SMILES string of the molecule is C[CH]CC(C)CCCCC. The lowest BCUT2D eigenvalue weighted by molar-refractivity contribution is 0.489. The fraction of sp³-hybridized carbons (Fsp3) is 0.900. The van der Waals surface area contributed by atoms with Crippen LogP contribution in [0.5, 0.6) is 0 Å². The van der Waals surface area contributed by atoms with Crippen LogP contribution < -0.4 is 0 Å². The summed E-state index contributed by atoms with van der Waals surface area (Å²) in [7, 11) is 0. The number of hydrogen-bond acceptors (Lipinski definition) is 0. The average molecular weight is 141 g/mol. The predicted molar refractivity (Wildman–Crippen MR) is 47.9 cm³/mol. The molecule has 0 saturated heterocycles. The fourth-order valence-corrected chi connectivity index (χ4v) is 1.26. The van der Waals surface area contributed by atoms with Crippen molar-refractivity contribution in [1.29, 1.82) is 0 Å². The van der Waals surface area contributed by atoms with Gasteiger partial charge in [-0.25, -0.2) is 0 Å². The molecule has 0 aliphatic heterocycles. The quantitative estimate of drug-likeness (QED) is 0.493. The van der Waals surface area contributed by atoms with Crippen LogP contribution >= 0.6 is 0 Å². The summed E-state index contributed by atoms with van der Waals surface area (Å²) in [5, 5.41) is 0. The van der Waals surface area contributed by atoms with Gasteiger partial charge in [-0.05, 0) is 18.8 Å². The van der Waals surface area contributed by atoms with Gasteiger partial charge in [-0.2, -0.15) is 0 Å². The van der Waals surface area contributed by atoms with E-state index in [-0.39, 0.29) is 0 Å². The van der Waals surface area contributed by atoms with Crippen molar-refractivity contribution in [2.75, 3.05) is 0 Å². The van der Waals surface area contributed by atoms with E-state index in [2.05, 4.69) is 27.2 Å². The Bertz CT molecular complexity index is 57.1. The first-order valence-electron chi connectivity index (χ1n) is 4.59. The molecule has 0 nitrogen and oxygen atoms in total. The van der Waals surface area contributed by atoms with Crippen LogP contribution in [0.25, 0.3) is 0 Å². The molecule has 0 rings (SSSR count). The van der Waals surface area contributed by atoms with Gasteiger partial charge in [0.15, 0.2) is 0 Å². The molecule has 0 aliphatic rings. The van der Waals surface area contributed by atoms with E-state index in [1.807, 2.05) is 0 Å². The molecule has 0 aromatic rings. The maximum absolute atomic E-state index is 2.34. The fourth-order valence-electron chi connectivity index (χ4n) is 1.26. The van der Waals surface area contributed by atoms with Gasteiger partial charge in [0.25, 0.3) is 0 Å². The van der Waals surface area contributed by atoms with Gasteiger partial charge >= 0.3 is 0 Å². The second kappa shape index (κ2) is 7.11. The third-order valence-electron chi connectivity index (χ3n) is 1.94. The highest BCUT2D eigenvalue weighted by Gasteiger charge is 1.98. The van der Waals surface area contributed by atoms with E-state index in [1.165, 1.54) is 32.1 Å². The minimum atomic E-state index is 0.913. The molecule has 0 bridgehead atoms. The lowest BCUT2D eigenvalue weighted by Crippen LogP contribution is -1.93. The number of rotatable bonds is 6. The molecule has 1 unspecified atom stereocenters. The largest absolute Gasteiger partial charge is 0.0654 e. The Hall–Kier alpha value is 0. The summed E-state index contributed by atoms with van der Waals surface area (Å²) in [5.74, 6) is 0.913. The van der Waals surface area contributed by atoms with Crippen LogP contribution in [0.2, 0.25) is 0 Å². The number of hydrogen-bond donors (Lipinski definition) is 0. The molecule has 61 valence electrons. The Labute approximate surface area is 66.0 Å². The summed E-state index contributed by atoms with van der Waals surface area (Å²) >= 11 is 0. The van der Waals surface area contributed by atoms with E-state index in [0.717, 1.165) is 5.92 Å². The van der Waals surface area contributed by atoms with Crippen LogP contribution in [0.4, 0.5) is 0 Å². The van der Waals surface area contributed by atoms with E-state index < -0.39 is 0 Å². The molecule has 0 saturated carbocycles. The van der Waals surface area contributed by atoms with E-state index in [1.54, 1.807) is 0 Å². The van der Waals surface area contributed by atoms with Crippen molar-refractivity contribution in [3.8, 4) is 0 Å². The minimum absolute atomic E-state index is 0.913. The van der Waals surface area contributed by atoms with Gasteiger partial charge in [0.2, 0.25) is 0 Å². The van der Waals surface area contributed by atoms with Gasteiger partial charge in [-0.15, -0.1) is 0 Å². The second-order valence-corrected chi connectivity index (χ2v) is 3.24. The lowest BCUT2D eigenvalue weighted by Gasteiger charge is -2.07. The highest BCUT2D eigenvalue weighted by Crippen LogP contribution is 2.13. The van der Waals surface area contributed by atoms with Crippen molar-refractivity contribution in [1.82, 2.24) is 0 Å². The summed E-state index contributed by atoms with van der Waals surface area (Å²) in [6, 6.07) is 0. The molecule has 1 atom stereocenters.